The van der Waals surface area contributed by atoms with Crippen molar-refractivity contribution in [1.29, 1.82) is 0 Å². The lowest BCUT2D eigenvalue weighted by molar-refractivity contribution is -0.149. The minimum absolute atomic E-state index is 0.0854. The van der Waals surface area contributed by atoms with E-state index in [9.17, 15) is 14.4 Å². The van der Waals surface area contributed by atoms with Gasteiger partial charge in [0.15, 0.2) is 0 Å². The van der Waals surface area contributed by atoms with Crippen molar-refractivity contribution >= 4 is 28.5 Å². The minimum atomic E-state index is -0.825. The van der Waals surface area contributed by atoms with E-state index >= 15 is 0 Å². The molecule has 0 radical (unpaired) electrons. The lowest BCUT2D eigenvalue weighted by atomic mass is 9.97. The summed E-state index contributed by atoms with van der Waals surface area (Å²) in [6.07, 6.45) is 6.25. The molecule has 4 rings (SSSR count). The van der Waals surface area contributed by atoms with Crippen LogP contribution >= 0.6 is 0 Å². The number of likely N-dealkylation sites (tertiary alicyclic amines) is 1. The monoisotopic (exact) mass is 625 g/mol. The van der Waals surface area contributed by atoms with E-state index in [0.29, 0.717) is 19.3 Å². The van der Waals surface area contributed by atoms with Crippen LogP contribution in [0, 0.1) is 0 Å². The predicted molar refractivity (Wildman–Crippen MR) is 186 cm³/mol. The Morgan fingerprint density at radius 3 is 2.07 bits per heavy atom. The third-order valence-corrected chi connectivity index (χ3v) is 9.20. The molecule has 2 atom stereocenters. The first kappa shape index (κ1) is 34.9. The maximum Gasteiger partial charge on any atom is 0.246 e. The summed E-state index contributed by atoms with van der Waals surface area (Å²) in [5, 5.41) is 2.17. The van der Waals surface area contributed by atoms with Crippen molar-refractivity contribution in [2.75, 3.05) is 41.3 Å². The van der Waals surface area contributed by atoms with Gasteiger partial charge in [-0.25, -0.2) is 0 Å². The third-order valence-electron chi connectivity index (χ3n) is 9.20. The highest BCUT2D eigenvalue weighted by molar-refractivity contribution is 5.95. The van der Waals surface area contributed by atoms with Gasteiger partial charge in [-0.3, -0.25) is 14.4 Å². The van der Waals surface area contributed by atoms with E-state index in [-0.39, 0.29) is 23.8 Å². The van der Waals surface area contributed by atoms with Gasteiger partial charge in [0, 0.05) is 45.6 Å². The van der Waals surface area contributed by atoms with E-state index in [0.717, 1.165) is 47.8 Å². The molecule has 0 bridgehead atoms. The number of nitrogens with zero attached hydrogens (tertiary/aromatic N) is 4. The number of carbonyl (C=O) groups excluding carboxylic acids is 3. The molecule has 246 valence electrons. The van der Waals surface area contributed by atoms with Gasteiger partial charge in [0.05, 0.1) is 0 Å². The Labute approximate surface area is 274 Å². The first-order valence-electron chi connectivity index (χ1n) is 16.3. The molecule has 8 heteroatoms. The summed E-state index contributed by atoms with van der Waals surface area (Å²) in [6.45, 7) is 5.66. The fourth-order valence-electron chi connectivity index (χ4n) is 6.13. The van der Waals surface area contributed by atoms with E-state index in [1.54, 1.807) is 25.1 Å². The number of hydrogen-bond donors (Lipinski definition) is 1. The molecule has 1 fully saturated rings. The molecule has 1 saturated heterocycles. The second-order valence-corrected chi connectivity index (χ2v) is 13.6. The average molecular weight is 626 g/mol. The fourth-order valence-corrected chi connectivity index (χ4v) is 6.13. The highest BCUT2D eigenvalue weighted by Crippen LogP contribution is 2.22. The number of piperidine rings is 1. The smallest absolute Gasteiger partial charge is 0.246 e. The number of likely N-dealkylation sites (N-methyl/N-ethyl adjacent to an activating group) is 3. The van der Waals surface area contributed by atoms with Crippen molar-refractivity contribution in [3.8, 4) is 0 Å². The molecule has 46 heavy (non-hydrogen) atoms. The molecule has 3 aromatic rings. The summed E-state index contributed by atoms with van der Waals surface area (Å²) in [5.74, 6) is -0.647. The predicted octanol–water partition coefficient (Wildman–Crippen LogP) is 4.52. The maximum absolute atomic E-state index is 14.6. The summed E-state index contributed by atoms with van der Waals surface area (Å²) in [6, 6.07) is 22.6. The zero-order valence-electron chi connectivity index (χ0n) is 28.4. The van der Waals surface area contributed by atoms with Gasteiger partial charge < -0.3 is 25.3 Å². The number of carbonyl (C=O) groups is 3. The second-order valence-electron chi connectivity index (χ2n) is 13.6. The standard InChI is InChI=1S/C38H51N5O3/c1-38(2,39)22-12-17-35(44)42(5)33(27-29-18-19-30-15-10-11-16-31(30)25-29)37(46)43(6)34(26-28-13-8-7-9-14-28)36(45)41(4)32-20-23-40(3)24-21-32/h7-19,25,32-34H,20-24,26-27,39H2,1-6H3/b17-12+/t33-,34?/m1/s1. The lowest BCUT2D eigenvalue weighted by Gasteiger charge is -2.39. The van der Waals surface area contributed by atoms with Crippen molar-refractivity contribution < 1.29 is 14.4 Å². The van der Waals surface area contributed by atoms with Crippen LogP contribution in [-0.4, -0.2) is 102 Å². The van der Waals surface area contributed by atoms with Crippen molar-refractivity contribution in [3.63, 3.8) is 0 Å². The molecule has 3 aromatic carbocycles. The number of nitrogens with two attached hydrogens (primary N) is 1. The van der Waals surface area contributed by atoms with E-state index in [2.05, 4.69) is 24.1 Å². The Balaban J connectivity index is 1.66. The van der Waals surface area contributed by atoms with Gasteiger partial charge in [0.1, 0.15) is 12.1 Å². The highest BCUT2D eigenvalue weighted by atomic mass is 16.2. The quantitative estimate of drug-likeness (QED) is 0.299. The van der Waals surface area contributed by atoms with Crippen LogP contribution in [-0.2, 0) is 27.2 Å². The summed E-state index contributed by atoms with van der Waals surface area (Å²) < 4.78 is 0. The topological polar surface area (TPSA) is 90.2 Å². The lowest BCUT2D eigenvalue weighted by Crippen LogP contribution is -2.57. The summed E-state index contributed by atoms with van der Waals surface area (Å²) in [5.41, 5.74) is 7.58. The second kappa shape index (κ2) is 15.5. The summed E-state index contributed by atoms with van der Waals surface area (Å²) >= 11 is 0. The number of rotatable bonds is 12. The molecule has 2 N–H and O–H groups in total. The van der Waals surface area contributed by atoms with E-state index < -0.39 is 17.6 Å². The highest BCUT2D eigenvalue weighted by Gasteiger charge is 2.37. The number of hydrogen-bond acceptors (Lipinski definition) is 5. The van der Waals surface area contributed by atoms with E-state index in [1.807, 2.05) is 86.5 Å². The van der Waals surface area contributed by atoms with Gasteiger partial charge in [-0.15, -0.1) is 0 Å². The number of benzene rings is 3. The minimum Gasteiger partial charge on any atom is -0.341 e. The van der Waals surface area contributed by atoms with Crippen LogP contribution in [0.1, 0.15) is 44.2 Å². The van der Waals surface area contributed by atoms with Crippen LogP contribution in [0.3, 0.4) is 0 Å². The van der Waals surface area contributed by atoms with Crippen molar-refractivity contribution in [1.82, 2.24) is 19.6 Å². The fraction of sp³-hybridized carbons (Fsp3) is 0.447. The van der Waals surface area contributed by atoms with Gasteiger partial charge in [-0.05, 0) is 81.2 Å². The van der Waals surface area contributed by atoms with Crippen LogP contribution in [0.5, 0.6) is 0 Å². The van der Waals surface area contributed by atoms with Crippen LogP contribution in [0.2, 0.25) is 0 Å². The molecule has 1 aliphatic rings. The van der Waals surface area contributed by atoms with Crippen molar-refractivity contribution in [2.24, 2.45) is 5.73 Å². The Kier molecular flexibility index (Phi) is 11.8. The van der Waals surface area contributed by atoms with Gasteiger partial charge >= 0.3 is 0 Å². The van der Waals surface area contributed by atoms with E-state index in [1.165, 1.54) is 11.0 Å². The van der Waals surface area contributed by atoms with E-state index in [4.69, 9.17) is 5.73 Å². The molecular weight excluding hydrogens is 574 g/mol. The van der Waals surface area contributed by atoms with Crippen LogP contribution in [0.15, 0.2) is 84.9 Å². The first-order chi connectivity index (χ1) is 21.8. The molecule has 3 amide bonds. The molecule has 0 spiro atoms. The molecule has 0 aliphatic carbocycles. The summed E-state index contributed by atoms with van der Waals surface area (Å²) in [7, 11) is 7.33. The Morgan fingerprint density at radius 1 is 0.826 bits per heavy atom. The largest absolute Gasteiger partial charge is 0.341 e. The zero-order chi connectivity index (χ0) is 33.4. The molecule has 0 aromatic heterocycles. The van der Waals surface area contributed by atoms with Gasteiger partial charge in [0.2, 0.25) is 17.7 Å². The van der Waals surface area contributed by atoms with Crippen molar-refractivity contribution in [2.45, 2.75) is 69.6 Å². The molecule has 1 aliphatic heterocycles. The molecule has 8 nitrogen and oxygen atoms in total. The first-order valence-corrected chi connectivity index (χ1v) is 16.3. The Morgan fingerprint density at radius 2 is 1.41 bits per heavy atom. The summed E-state index contributed by atoms with van der Waals surface area (Å²) in [4.78, 5) is 49.5. The normalized spacial score (nSPS) is 15.9. The Hall–Kier alpha value is -4.01. The van der Waals surface area contributed by atoms with Crippen LogP contribution in [0.4, 0.5) is 0 Å². The van der Waals surface area contributed by atoms with Gasteiger partial charge in [-0.1, -0.05) is 78.9 Å². The van der Waals surface area contributed by atoms with Crippen LogP contribution < -0.4 is 5.73 Å². The van der Waals surface area contributed by atoms with Gasteiger partial charge in [-0.2, -0.15) is 0 Å². The maximum atomic E-state index is 14.6. The number of amides is 3. The molecule has 0 saturated carbocycles. The molecule has 1 heterocycles. The number of fused-ring (bicyclic) bond motifs is 1. The third kappa shape index (κ3) is 9.27. The molecular formula is C38H51N5O3. The van der Waals surface area contributed by atoms with Crippen molar-refractivity contribution in [3.05, 3.63) is 96.1 Å². The average Bonchev–Trinajstić information content (AvgIpc) is 3.04. The molecule has 1 unspecified atom stereocenters. The van der Waals surface area contributed by atoms with Crippen LogP contribution in [0.25, 0.3) is 10.8 Å². The zero-order valence-corrected chi connectivity index (χ0v) is 28.4. The van der Waals surface area contributed by atoms with Gasteiger partial charge in [0.25, 0.3) is 0 Å². The Bertz CT molecular complexity index is 1510. The SMILES string of the molecule is CN1CCC(N(C)C(=O)C(Cc2ccccc2)N(C)C(=O)[C@@H](Cc2ccc3ccccc3c2)N(C)C(=O)/C=C/CC(C)(C)N)CC1.